The Kier molecular flexibility index (Phi) is 1.62. The van der Waals surface area contributed by atoms with Crippen LogP contribution in [0.2, 0.25) is 0 Å². The van der Waals surface area contributed by atoms with E-state index in [0.29, 0.717) is 0 Å². The van der Waals surface area contributed by atoms with Crippen molar-refractivity contribution in [2.24, 2.45) is 0 Å². The third-order valence-corrected chi connectivity index (χ3v) is 2.90. The number of H-pyrrole nitrogens is 1. The van der Waals surface area contributed by atoms with Crippen molar-refractivity contribution >= 4 is 0 Å². The van der Waals surface area contributed by atoms with Crippen molar-refractivity contribution in [1.82, 2.24) is 19.7 Å². The Morgan fingerprint density at radius 3 is 2.93 bits per heavy atom. The summed E-state index contributed by atoms with van der Waals surface area (Å²) in [5.74, 6) is 1.76. The molecule has 78 valence electrons. The molecule has 2 aromatic rings. The van der Waals surface area contributed by atoms with Crippen LogP contribution in [0, 0.1) is 0 Å². The molecule has 5 nitrogen and oxygen atoms in total. The SMILES string of the molecule is COc1cnn(C2(c3ncc[nH]3)CC2)c1. The maximum atomic E-state index is 5.12. The van der Waals surface area contributed by atoms with Crippen LogP contribution in [-0.4, -0.2) is 26.9 Å². The van der Waals surface area contributed by atoms with E-state index in [1.54, 1.807) is 19.5 Å². The van der Waals surface area contributed by atoms with Gasteiger partial charge in [-0.25, -0.2) is 4.98 Å². The van der Waals surface area contributed by atoms with Gasteiger partial charge < -0.3 is 9.72 Å². The van der Waals surface area contributed by atoms with E-state index in [1.165, 1.54) is 0 Å². The Balaban J connectivity index is 2.00. The minimum atomic E-state index is -0.0553. The highest BCUT2D eigenvalue weighted by Crippen LogP contribution is 2.47. The first-order valence-electron chi connectivity index (χ1n) is 4.94. The van der Waals surface area contributed by atoms with Crippen LogP contribution >= 0.6 is 0 Å². The summed E-state index contributed by atoms with van der Waals surface area (Å²) < 4.78 is 7.06. The van der Waals surface area contributed by atoms with E-state index in [4.69, 9.17) is 4.74 Å². The van der Waals surface area contributed by atoms with Crippen LogP contribution in [0.25, 0.3) is 0 Å². The van der Waals surface area contributed by atoms with Gasteiger partial charge in [0.25, 0.3) is 0 Å². The summed E-state index contributed by atoms with van der Waals surface area (Å²) in [5, 5.41) is 4.31. The van der Waals surface area contributed by atoms with Gasteiger partial charge in [0.15, 0.2) is 5.75 Å². The first-order valence-corrected chi connectivity index (χ1v) is 4.94. The fraction of sp³-hybridized carbons (Fsp3) is 0.400. The van der Waals surface area contributed by atoms with Crippen LogP contribution in [0.1, 0.15) is 18.7 Å². The molecule has 1 fully saturated rings. The summed E-state index contributed by atoms with van der Waals surface area (Å²) in [7, 11) is 1.65. The summed E-state index contributed by atoms with van der Waals surface area (Å²) in [6, 6.07) is 0. The molecule has 1 saturated carbocycles. The number of imidazole rings is 1. The largest absolute Gasteiger partial charge is 0.493 e. The number of aromatic amines is 1. The summed E-state index contributed by atoms with van der Waals surface area (Å²) >= 11 is 0. The van der Waals surface area contributed by atoms with E-state index >= 15 is 0 Å². The zero-order chi connectivity index (χ0) is 10.3. The number of hydrogen-bond acceptors (Lipinski definition) is 3. The van der Waals surface area contributed by atoms with Crippen LogP contribution in [0.5, 0.6) is 5.75 Å². The first-order chi connectivity index (χ1) is 7.35. The first kappa shape index (κ1) is 8.52. The average molecular weight is 204 g/mol. The Hall–Kier alpha value is -1.78. The standard InChI is InChI=1S/C10H12N4O/c1-15-8-6-13-14(7-8)10(2-3-10)9-11-4-5-12-9/h4-7H,2-3H2,1H3,(H,11,12). The van der Waals surface area contributed by atoms with Crippen molar-refractivity contribution in [2.45, 2.75) is 18.4 Å². The monoisotopic (exact) mass is 204 g/mol. The molecule has 2 aromatic heterocycles. The molecule has 0 unspecified atom stereocenters. The molecule has 0 saturated heterocycles. The lowest BCUT2D eigenvalue weighted by atomic mass is 10.2. The lowest BCUT2D eigenvalue weighted by Crippen LogP contribution is -2.20. The maximum absolute atomic E-state index is 5.12. The highest BCUT2D eigenvalue weighted by atomic mass is 16.5. The Bertz CT molecular complexity index is 455. The van der Waals surface area contributed by atoms with Crippen molar-refractivity contribution in [1.29, 1.82) is 0 Å². The van der Waals surface area contributed by atoms with Crippen molar-refractivity contribution in [2.75, 3.05) is 7.11 Å². The van der Waals surface area contributed by atoms with Crippen molar-refractivity contribution < 1.29 is 4.74 Å². The van der Waals surface area contributed by atoms with Crippen LogP contribution in [0.3, 0.4) is 0 Å². The van der Waals surface area contributed by atoms with E-state index in [2.05, 4.69) is 15.1 Å². The van der Waals surface area contributed by atoms with Crippen LogP contribution in [0.4, 0.5) is 0 Å². The third-order valence-electron chi connectivity index (χ3n) is 2.90. The normalized spacial score (nSPS) is 17.7. The molecule has 5 heteroatoms. The van der Waals surface area contributed by atoms with Crippen LogP contribution < -0.4 is 4.74 Å². The smallest absolute Gasteiger partial charge is 0.156 e. The van der Waals surface area contributed by atoms with Gasteiger partial charge in [-0.3, -0.25) is 4.68 Å². The Morgan fingerprint density at radius 2 is 2.40 bits per heavy atom. The summed E-state index contributed by atoms with van der Waals surface area (Å²) in [5.41, 5.74) is -0.0553. The number of aromatic nitrogens is 4. The zero-order valence-corrected chi connectivity index (χ0v) is 8.47. The lowest BCUT2D eigenvalue weighted by molar-refractivity contribution is 0.411. The van der Waals surface area contributed by atoms with E-state index in [1.807, 2.05) is 17.1 Å². The van der Waals surface area contributed by atoms with Crippen molar-refractivity contribution in [3.8, 4) is 5.75 Å². The van der Waals surface area contributed by atoms with E-state index in [-0.39, 0.29) is 5.54 Å². The fourth-order valence-corrected chi connectivity index (χ4v) is 1.86. The summed E-state index contributed by atoms with van der Waals surface area (Å²) in [6.07, 6.45) is 9.40. The molecule has 0 amide bonds. The molecule has 2 heterocycles. The lowest BCUT2D eigenvalue weighted by Gasteiger charge is -2.12. The second-order valence-corrected chi connectivity index (χ2v) is 3.79. The number of nitrogens with one attached hydrogen (secondary N) is 1. The molecule has 1 aliphatic carbocycles. The summed E-state index contributed by atoms with van der Waals surface area (Å²) in [6.45, 7) is 0. The Morgan fingerprint density at radius 1 is 1.53 bits per heavy atom. The van der Waals surface area contributed by atoms with Gasteiger partial charge in [0.1, 0.15) is 11.4 Å². The van der Waals surface area contributed by atoms with Gasteiger partial charge in [0.2, 0.25) is 0 Å². The van der Waals surface area contributed by atoms with E-state index < -0.39 is 0 Å². The van der Waals surface area contributed by atoms with Gasteiger partial charge in [-0.2, -0.15) is 5.10 Å². The second kappa shape index (κ2) is 2.85. The Labute approximate surface area is 87.1 Å². The zero-order valence-electron chi connectivity index (χ0n) is 8.47. The van der Waals surface area contributed by atoms with Crippen LogP contribution in [-0.2, 0) is 5.54 Å². The number of nitrogens with zero attached hydrogens (tertiary/aromatic N) is 3. The molecule has 0 atom stereocenters. The summed E-state index contributed by atoms with van der Waals surface area (Å²) in [4.78, 5) is 7.46. The fourth-order valence-electron chi connectivity index (χ4n) is 1.86. The average Bonchev–Trinajstić information content (AvgIpc) is 2.76. The van der Waals surface area contributed by atoms with Gasteiger partial charge in [-0.05, 0) is 12.8 Å². The number of rotatable bonds is 3. The molecule has 0 spiro atoms. The third kappa shape index (κ3) is 1.16. The molecular weight excluding hydrogens is 192 g/mol. The topological polar surface area (TPSA) is 55.7 Å². The van der Waals surface area contributed by atoms with Crippen molar-refractivity contribution in [3.05, 3.63) is 30.6 Å². The van der Waals surface area contributed by atoms with Gasteiger partial charge in [-0.15, -0.1) is 0 Å². The van der Waals surface area contributed by atoms with Crippen molar-refractivity contribution in [3.63, 3.8) is 0 Å². The molecule has 3 rings (SSSR count). The van der Waals surface area contributed by atoms with Gasteiger partial charge >= 0.3 is 0 Å². The molecule has 1 N–H and O–H groups in total. The molecule has 0 radical (unpaired) electrons. The number of methoxy groups -OCH3 is 1. The molecule has 0 aliphatic heterocycles. The van der Waals surface area contributed by atoms with Gasteiger partial charge in [-0.1, -0.05) is 0 Å². The molecule has 0 bridgehead atoms. The van der Waals surface area contributed by atoms with E-state index in [0.717, 1.165) is 24.4 Å². The second-order valence-electron chi connectivity index (χ2n) is 3.79. The van der Waals surface area contributed by atoms with Crippen LogP contribution in [0.15, 0.2) is 24.8 Å². The minimum absolute atomic E-state index is 0.0553. The highest BCUT2D eigenvalue weighted by molar-refractivity contribution is 5.22. The minimum Gasteiger partial charge on any atom is -0.493 e. The molecule has 0 aromatic carbocycles. The predicted octanol–water partition coefficient (Wildman–Crippen LogP) is 1.15. The maximum Gasteiger partial charge on any atom is 0.156 e. The molecular formula is C10H12N4O. The molecule has 1 aliphatic rings. The molecule has 15 heavy (non-hydrogen) atoms. The van der Waals surface area contributed by atoms with Gasteiger partial charge in [0, 0.05) is 12.4 Å². The number of ether oxygens (including phenoxy) is 1. The highest BCUT2D eigenvalue weighted by Gasteiger charge is 2.49. The quantitative estimate of drug-likeness (QED) is 0.816. The van der Waals surface area contributed by atoms with Gasteiger partial charge in [0.05, 0.1) is 19.5 Å². The predicted molar refractivity (Wildman–Crippen MR) is 53.7 cm³/mol. The number of hydrogen-bond donors (Lipinski definition) is 1. The van der Waals surface area contributed by atoms with E-state index in [9.17, 15) is 0 Å².